The normalized spacial score (nSPS) is 14.2. The second-order valence-corrected chi connectivity index (χ2v) is 7.47. The molecule has 3 rings (SSSR count). The van der Waals surface area contributed by atoms with Crippen LogP contribution in [0.3, 0.4) is 0 Å². The molecule has 126 valence electrons. The molecule has 24 heavy (non-hydrogen) atoms. The van der Waals surface area contributed by atoms with Gasteiger partial charge in [0.25, 0.3) is 15.9 Å². The van der Waals surface area contributed by atoms with E-state index in [4.69, 9.17) is 0 Å². The van der Waals surface area contributed by atoms with E-state index in [2.05, 4.69) is 10.0 Å². The van der Waals surface area contributed by atoms with Gasteiger partial charge >= 0.3 is 0 Å². The Kier molecular flexibility index (Phi) is 4.53. The van der Waals surface area contributed by atoms with Crippen molar-refractivity contribution >= 4 is 21.6 Å². The van der Waals surface area contributed by atoms with Crippen LogP contribution in [0.5, 0.6) is 0 Å². The molecule has 2 aromatic carbocycles. The summed E-state index contributed by atoms with van der Waals surface area (Å²) in [5.74, 6) is -0.0823. The SMILES string of the molecule is O=C(NCC1CC1)c1ccc(NS(=O)(=O)c2ccc(F)cc2)cc1. The Labute approximate surface area is 139 Å². The van der Waals surface area contributed by atoms with E-state index in [1.165, 1.54) is 24.3 Å². The van der Waals surface area contributed by atoms with Gasteiger partial charge in [0.05, 0.1) is 4.90 Å². The van der Waals surface area contributed by atoms with Gasteiger partial charge in [-0.3, -0.25) is 9.52 Å². The van der Waals surface area contributed by atoms with E-state index in [0.717, 1.165) is 25.0 Å². The van der Waals surface area contributed by atoms with E-state index < -0.39 is 15.8 Å². The van der Waals surface area contributed by atoms with Gasteiger partial charge in [-0.1, -0.05) is 0 Å². The van der Waals surface area contributed by atoms with Gasteiger partial charge in [0.1, 0.15) is 5.82 Å². The maximum absolute atomic E-state index is 12.9. The molecule has 0 bridgehead atoms. The summed E-state index contributed by atoms with van der Waals surface area (Å²) in [7, 11) is -3.79. The van der Waals surface area contributed by atoms with Crippen LogP contribution < -0.4 is 10.0 Å². The summed E-state index contributed by atoms with van der Waals surface area (Å²) < 4.78 is 39.7. The Bertz CT molecular complexity index is 829. The molecule has 0 spiro atoms. The van der Waals surface area contributed by atoms with Crippen LogP contribution >= 0.6 is 0 Å². The summed E-state index contributed by atoms with van der Waals surface area (Å²) in [6, 6.07) is 10.7. The fraction of sp³-hybridized carbons (Fsp3) is 0.235. The van der Waals surface area contributed by atoms with Gasteiger partial charge < -0.3 is 5.32 Å². The van der Waals surface area contributed by atoms with E-state index in [0.29, 0.717) is 23.7 Å². The third kappa shape index (κ3) is 4.11. The summed E-state index contributed by atoms with van der Waals surface area (Å²) in [6.45, 7) is 0.678. The first-order valence-electron chi connectivity index (χ1n) is 7.61. The second-order valence-electron chi connectivity index (χ2n) is 5.79. The predicted octanol–water partition coefficient (Wildman–Crippen LogP) is 2.77. The van der Waals surface area contributed by atoms with Crippen LogP contribution in [0.1, 0.15) is 23.2 Å². The highest BCUT2D eigenvalue weighted by atomic mass is 32.2. The molecule has 1 amide bonds. The molecule has 5 nitrogen and oxygen atoms in total. The molecular weight excluding hydrogens is 331 g/mol. The molecule has 1 aliphatic carbocycles. The number of hydrogen-bond acceptors (Lipinski definition) is 3. The van der Waals surface area contributed by atoms with Crippen molar-refractivity contribution < 1.29 is 17.6 Å². The van der Waals surface area contributed by atoms with Crippen molar-refractivity contribution in [2.45, 2.75) is 17.7 Å². The van der Waals surface area contributed by atoms with Crippen molar-refractivity contribution in [2.24, 2.45) is 5.92 Å². The monoisotopic (exact) mass is 348 g/mol. The van der Waals surface area contributed by atoms with Crippen LogP contribution in [-0.2, 0) is 10.0 Å². The largest absolute Gasteiger partial charge is 0.352 e. The lowest BCUT2D eigenvalue weighted by Gasteiger charge is -2.09. The van der Waals surface area contributed by atoms with Gasteiger partial charge in [-0.15, -0.1) is 0 Å². The Hall–Kier alpha value is -2.41. The molecule has 0 atom stereocenters. The van der Waals surface area contributed by atoms with E-state index in [1.807, 2.05) is 0 Å². The maximum Gasteiger partial charge on any atom is 0.261 e. The molecular formula is C17H17FN2O3S. The minimum absolute atomic E-state index is 0.0323. The smallest absolute Gasteiger partial charge is 0.261 e. The Morgan fingerprint density at radius 2 is 1.67 bits per heavy atom. The molecule has 1 aliphatic rings. The minimum atomic E-state index is -3.79. The fourth-order valence-electron chi connectivity index (χ4n) is 2.18. The second kappa shape index (κ2) is 6.60. The molecule has 0 aromatic heterocycles. The molecule has 0 radical (unpaired) electrons. The quantitative estimate of drug-likeness (QED) is 0.843. The van der Waals surface area contributed by atoms with Gasteiger partial charge in [0.15, 0.2) is 0 Å². The van der Waals surface area contributed by atoms with Crippen LogP contribution in [0.2, 0.25) is 0 Å². The van der Waals surface area contributed by atoms with E-state index in [1.54, 1.807) is 12.1 Å². The van der Waals surface area contributed by atoms with Crippen molar-refractivity contribution in [2.75, 3.05) is 11.3 Å². The van der Waals surface area contributed by atoms with Gasteiger partial charge in [0.2, 0.25) is 0 Å². The summed E-state index contributed by atoms with van der Waals surface area (Å²) in [5.41, 5.74) is 0.804. The predicted molar refractivity (Wildman–Crippen MR) is 88.7 cm³/mol. The standard InChI is InChI=1S/C17H17FN2O3S/c18-14-5-9-16(10-6-14)24(22,23)20-15-7-3-13(4-8-15)17(21)19-11-12-1-2-12/h3-10,12,20H,1-2,11H2,(H,19,21). The maximum atomic E-state index is 12.9. The first kappa shape index (κ1) is 16.4. The van der Waals surface area contributed by atoms with E-state index in [9.17, 15) is 17.6 Å². The first-order chi connectivity index (χ1) is 11.4. The molecule has 7 heteroatoms. The van der Waals surface area contributed by atoms with Gasteiger partial charge in [-0.05, 0) is 67.3 Å². The highest BCUT2D eigenvalue weighted by Crippen LogP contribution is 2.27. The first-order valence-corrected chi connectivity index (χ1v) is 9.09. The molecule has 0 unspecified atom stereocenters. The fourth-order valence-corrected chi connectivity index (χ4v) is 3.24. The number of halogens is 1. The van der Waals surface area contributed by atoms with E-state index >= 15 is 0 Å². The molecule has 2 N–H and O–H groups in total. The molecule has 0 saturated heterocycles. The Balaban J connectivity index is 1.66. The number of carbonyl (C=O) groups is 1. The summed E-state index contributed by atoms with van der Waals surface area (Å²) >= 11 is 0. The molecule has 2 aromatic rings. The van der Waals surface area contributed by atoms with Crippen molar-refractivity contribution in [1.82, 2.24) is 5.32 Å². The van der Waals surface area contributed by atoms with Crippen molar-refractivity contribution in [3.05, 3.63) is 59.9 Å². The number of benzene rings is 2. The van der Waals surface area contributed by atoms with E-state index in [-0.39, 0.29) is 10.8 Å². The van der Waals surface area contributed by atoms with Gasteiger partial charge in [-0.25, -0.2) is 12.8 Å². The number of amides is 1. The topological polar surface area (TPSA) is 75.3 Å². The molecule has 0 aliphatic heterocycles. The third-order valence-electron chi connectivity index (χ3n) is 3.77. The van der Waals surface area contributed by atoms with Crippen molar-refractivity contribution in [3.8, 4) is 0 Å². The number of nitrogens with one attached hydrogen (secondary N) is 2. The summed E-state index contributed by atoms with van der Waals surface area (Å²) in [5, 5.41) is 2.85. The third-order valence-corrected chi connectivity index (χ3v) is 5.17. The minimum Gasteiger partial charge on any atom is -0.352 e. The zero-order valence-electron chi connectivity index (χ0n) is 12.8. The highest BCUT2D eigenvalue weighted by molar-refractivity contribution is 7.92. The highest BCUT2D eigenvalue weighted by Gasteiger charge is 2.22. The average Bonchev–Trinajstić information content (AvgIpc) is 3.38. The Morgan fingerprint density at radius 1 is 1.04 bits per heavy atom. The lowest BCUT2D eigenvalue weighted by atomic mass is 10.2. The number of rotatable bonds is 6. The molecule has 1 saturated carbocycles. The number of anilines is 1. The Morgan fingerprint density at radius 3 is 2.25 bits per heavy atom. The lowest BCUT2D eigenvalue weighted by Crippen LogP contribution is -2.25. The van der Waals surface area contributed by atoms with Gasteiger partial charge in [0, 0.05) is 17.8 Å². The van der Waals surface area contributed by atoms with Crippen molar-refractivity contribution in [1.29, 1.82) is 0 Å². The van der Waals surface area contributed by atoms with Crippen LogP contribution in [0.4, 0.5) is 10.1 Å². The number of hydrogen-bond donors (Lipinski definition) is 2. The average molecular weight is 348 g/mol. The number of carbonyl (C=O) groups excluding carboxylic acids is 1. The molecule has 1 fully saturated rings. The van der Waals surface area contributed by atoms with Crippen LogP contribution in [0.15, 0.2) is 53.4 Å². The molecule has 0 heterocycles. The van der Waals surface area contributed by atoms with Crippen molar-refractivity contribution in [3.63, 3.8) is 0 Å². The zero-order valence-corrected chi connectivity index (χ0v) is 13.6. The van der Waals surface area contributed by atoms with Crippen LogP contribution in [0, 0.1) is 11.7 Å². The van der Waals surface area contributed by atoms with Crippen LogP contribution in [0.25, 0.3) is 0 Å². The van der Waals surface area contributed by atoms with Crippen LogP contribution in [-0.4, -0.2) is 20.9 Å². The summed E-state index contributed by atoms with van der Waals surface area (Å²) in [6.07, 6.45) is 2.31. The van der Waals surface area contributed by atoms with Gasteiger partial charge in [-0.2, -0.15) is 0 Å². The zero-order chi connectivity index (χ0) is 17.2. The summed E-state index contributed by atoms with van der Waals surface area (Å²) in [4.78, 5) is 11.9. The lowest BCUT2D eigenvalue weighted by molar-refractivity contribution is 0.0952. The number of sulfonamides is 1.